The molecule has 0 aliphatic carbocycles. The predicted octanol–water partition coefficient (Wildman–Crippen LogP) is 6.02. The van der Waals surface area contributed by atoms with Crippen molar-refractivity contribution in [1.29, 1.82) is 0 Å². The minimum Gasteiger partial charge on any atom is -0.497 e. The Labute approximate surface area is 265 Å². The second-order valence-electron chi connectivity index (χ2n) is 9.95. The van der Waals surface area contributed by atoms with Crippen LogP contribution in [-0.2, 0) is 11.3 Å². The van der Waals surface area contributed by atoms with Gasteiger partial charge in [-0.05, 0) is 71.6 Å². The molecule has 0 bridgehead atoms. The lowest BCUT2D eigenvalue weighted by Crippen LogP contribution is -2.28. The summed E-state index contributed by atoms with van der Waals surface area (Å²) in [4.78, 5) is 27.5. The third kappa shape index (κ3) is 6.79. The molecule has 3 heterocycles. The number of hydrogen-bond acceptors (Lipinski definition) is 8. The van der Waals surface area contributed by atoms with E-state index >= 15 is 0 Å². The molecule has 0 saturated heterocycles. The van der Waals surface area contributed by atoms with Gasteiger partial charge in [0, 0.05) is 17.7 Å². The minimum atomic E-state index is -0.413. The van der Waals surface area contributed by atoms with Gasteiger partial charge in [-0.2, -0.15) is 5.10 Å². The van der Waals surface area contributed by atoms with E-state index in [-0.39, 0.29) is 29.9 Å². The van der Waals surface area contributed by atoms with Gasteiger partial charge in [0.15, 0.2) is 11.0 Å². The molecule has 1 N–H and O–H groups in total. The molecule has 45 heavy (non-hydrogen) atoms. The fourth-order valence-electron chi connectivity index (χ4n) is 4.85. The van der Waals surface area contributed by atoms with Gasteiger partial charge < -0.3 is 10.1 Å². The van der Waals surface area contributed by atoms with E-state index in [1.807, 2.05) is 17.5 Å². The fraction of sp³-hybridized carbons (Fsp3) is 0.156. The van der Waals surface area contributed by atoms with Crippen LogP contribution in [-0.4, -0.2) is 50.2 Å². The molecule has 2 aromatic heterocycles. The van der Waals surface area contributed by atoms with Gasteiger partial charge in [0.1, 0.15) is 17.4 Å². The maximum atomic E-state index is 13.8. The van der Waals surface area contributed by atoms with Gasteiger partial charge in [-0.25, -0.2) is 13.8 Å². The number of methoxy groups -OCH3 is 1. The van der Waals surface area contributed by atoms with Crippen molar-refractivity contribution in [3.05, 3.63) is 124 Å². The molecule has 228 valence electrons. The molecule has 3 aromatic carbocycles. The molecule has 0 spiro atoms. The Bertz CT molecular complexity index is 1840. The maximum Gasteiger partial charge on any atom is 0.253 e. The van der Waals surface area contributed by atoms with Crippen LogP contribution >= 0.6 is 23.1 Å². The van der Waals surface area contributed by atoms with Gasteiger partial charge in [0.25, 0.3) is 11.8 Å². The molecule has 1 unspecified atom stereocenters. The Morgan fingerprint density at radius 3 is 2.47 bits per heavy atom. The van der Waals surface area contributed by atoms with Gasteiger partial charge in [-0.15, -0.1) is 21.5 Å². The molecule has 0 saturated carbocycles. The number of halogens is 2. The van der Waals surface area contributed by atoms with Crippen LogP contribution in [0, 0.1) is 11.6 Å². The SMILES string of the molecule is COc1cccc(C(=O)NCc2nnc(SCC(=O)N3N=C(c4cccs4)CC3c3ccc(F)cc3)n2-c2ccc(F)cc2)c1. The quantitative estimate of drug-likeness (QED) is 0.187. The molecule has 1 atom stereocenters. The van der Waals surface area contributed by atoms with Crippen LogP contribution in [0.2, 0.25) is 0 Å². The first-order valence-corrected chi connectivity index (χ1v) is 15.7. The van der Waals surface area contributed by atoms with Gasteiger partial charge in [-0.1, -0.05) is 36.0 Å². The number of amides is 2. The van der Waals surface area contributed by atoms with E-state index < -0.39 is 11.9 Å². The van der Waals surface area contributed by atoms with Crippen LogP contribution in [0.3, 0.4) is 0 Å². The predicted molar refractivity (Wildman–Crippen MR) is 168 cm³/mol. The zero-order valence-electron chi connectivity index (χ0n) is 23.9. The highest BCUT2D eigenvalue weighted by Gasteiger charge is 2.33. The second kappa shape index (κ2) is 13.4. The molecule has 13 heteroatoms. The molecule has 2 amide bonds. The van der Waals surface area contributed by atoms with Crippen molar-refractivity contribution in [3.63, 3.8) is 0 Å². The number of hydrogen-bond donors (Lipinski definition) is 1. The number of carbonyl (C=O) groups excluding carboxylic acids is 2. The average molecular weight is 645 g/mol. The number of rotatable bonds is 10. The number of carbonyl (C=O) groups is 2. The normalized spacial score (nSPS) is 14.3. The lowest BCUT2D eigenvalue weighted by Gasteiger charge is -2.22. The van der Waals surface area contributed by atoms with Crippen molar-refractivity contribution in [2.45, 2.75) is 24.2 Å². The molecule has 1 aliphatic rings. The van der Waals surface area contributed by atoms with Crippen molar-refractivity contribution in [2.24, 2.45) is 5.10 Å². The smallest absolute Gasteiger partial charge is 0.253 e. The molecule has 0 radical (unpaired) electrons. The lowest BCUT2D eigenvalue weighted by atomic mass is 10.0. The molecule has 5 aromatic rings. The first-order chi connectivity index (χ1) is 21.9. The number of aromatic nitrogens is 3. The number of thiophene rings is 1. The Morgan fingerprint density at radius 2 is 1.76 bits per heavy atom. The largest absolute Gasteiger partial charge is 0.497 e. The van der Waals surface area contributed by atoms with E-state index in [2.05, 4.69) is 20.6 Å². The van der Waals surface area contributed by atoms with Crippen LogP contribution in [0.15, 0.2) is 101 Å². The topological polar surface area (TPSA) is 102 Å². The summed E-state index contributed by atoms with van der Waals surface area (Å²) in [5, 5.41) is 19.9. The average Bonchev–Trinajstić information content (AvgIpc) is 3.84. The Balaban J connectivity index is 1.23. The fourth-order valence-corrected chi connectivity index (χ4v) is 6.40. The molecule has 9 nitrogen and oxygen atoms in total. The first kappa shape index (κ1) is 30.2. The molecule has 1 aliphatic heterocycles. The highest BCUT2D eigenvalue weighted by atomic mass is 32.2. The Kier molecular flexibility index (Phi) is 8.98. The van der Waals surface area contributed by atoms with Gasteiger partial charge >= 0.3 is 0 Å². The summed E-state index contributed by atoms with van der Waals surface area (Å²) in [7, 11) is 1.52. The third-order valence-electron chi connectivity index (χ3n) is 7.08. The summed E-state index contributed by atoms with van der Waals surface area (Å²) in [6.07, 6.45) is 0.492. The molecule has 6 rings (SSSR count). The summed E-state index contributed by atoms with van der Waals surface area (Å²) in [5.41, 5.74) is 2.52. The number of benzene rings is 3. The van der Waals surface area contributed by atoms with Gasteiger partial charge in [0.2, 0.25) is 0 Å². The van der Waals surface area contributed by atoms with E-state index in [0.29, 0.717) is 34.4 Å². The van der Waals surface area contributed by atoms with Gasteiger partial charge in [0.05, 0.1) is 36.0 Å². The Hall–Kier alpha value is -4.88. The lowest BCUT2D eigenvalue weighted by molar-refractivity contribution is -0.130. The number of ether oxygens (including phenoxy) is 1. The number of thioether (sulfide) groups is 1. The van der Waals surface area contributed by atoms with Crippen molar-refractivity contribution in [2.75, 3.05) is 12.9 Å². The van der Waals surface area contributed by atoms with E-state index in [1.165, 1.54) is 47.7 Å². The zero-order valence-corrected chi connectivity index (χ0v) is 25.5. The standard InChI is InChI=1S/C32H26F2N6O3S2/c1-43-25-5-2-4-21(16-25)31(42)35-18-29-36-37-32(39(29)24-13-11-23(34)12-14-24)45-19-30(41)40-27(20-7-9-22(33)10-8-20)17-26(38-40)28-6-3-15-44-28/h2-16,27H,17-19H2,1H3,(H,35,42). The van der Waals surface area contributed by atoms with Crippen molar-refractivity contribution in [1.82, 2.24) is 25.1 Å². The summed E-state index contributed by atoms with van der Waals surface area (Å²) < 4.78 is 34.4. The highest BCUT2D eigenvalue weighted by Crippen LogP contribution is 2.35. The monoisotopic (exact) mass is 644 g/mol. The van der Waals surface area contributed by atoms with E-state index in [1.54, 1.807) is 53.1 Å². The van der Waals surface area contributed by atoms with Crippen molar-refractivity contribution >= 4 is 40.6 Å². The Morgan fingerprint density at radius 1 is 1.00 bits per heavy atom. The van der Waals surface area contributed by atoms with E-state index in [4.69, 9.17) is 4.74 Å². The van der Waals surface area contributed by atoms with Crippen molar-refractivity contribution < 1.29 is 23.1 Å². The van der Waals surface area contributed by atoms with Gasteiger partial charge in [-0.3, -0.25) is 14.2 Å². The second-order valence-corrected chi connectivity index (χ2v) is 11.8. The van der Waals surface area contributed by atoms with E-state index in [9.17, 15) is 18.4 Å². The minimum absolute atomic E-state index is 0.0160. The van der Waals surface area contributed by atoms with Crippen LogP contribution in [0.1, 0.15) is 39.1 Å². The first-order valence-electron chi connectivity index (χ1n) is 13.8. The van der Waals surface area contributed by atoms with Crippen LogP contribution < -0.4 is 10.1 Å². The van der Waals surface area contributed by atoms with Crippen LogP contribution in [0.4, 0.5) is 8.78 Å². The third-order valence-corrected chi connectivity index (χ3v) is 8.91. The number of nitrogens with one attached hydrogen (secondary N) is 1. The summed E-state index contributed by atoms with van der Waals surface area (Å²) in [5.74, 6) is -0.489. The molecular weight excluding hydrogens is 619 g/mol. The van der Waals surface area contributed by atoms with Crippen LogP contribution in [0.5, 0.6) is 5.75 Å². The number of hydrazone groups is 1. The summed E-state index contributed by atoms with van der Waals surface area (Å²) >= 11 is 2.68. The summed E-state index contributed by atoms with van der Waals surface area (Å²) in [6.45, 7) is 0.0160. The van der Waals surface area contributed by atoms with Crippen LogP contribution in [0.25, 0.3) is 5.69 Å². The summed E-state index contributed by atoms with van der Waals surface area (Å²) in [6, 6.07) is 22.1. The molecular formula is C32H26F2N6O3S2. The zero-order chi connectivity index (χ0) is 31.3. The van der Waals surface area contributed by atoms with E-state index in [0.717, 1.165) is 27.9 Å². The van der Waals surface area contributed by atoms with Crippen molar-refractivity contribution in [3.8, 4) is 11.4 Å². The number of nitrogens with zero attached hydrogens (tertiary/aromatic N) is 5. The highest BCUT2D eigenvalue weighted by molar-refractivity contribution is 7.99. The molecule has 0 fully saturated rings. The maximum absolute atomic E-state index is 13.8.